The van der Waals surface area contributed by atoms with Crippen LogP contribution in [-0.4, -0.2) is 50.7 Å². The molecule has 9 nitrogen and oxygen atoms in total. The normalized spacial score (nSPS) is 18.9. The first-order valence-corrected chi connectivity index (χ1v) is 13.6. The number of nitrogens with two attached hydrogens (primary N) is 2. The van der Waals surface area contributed by atoms with Crippen LogP contribution in [0, 0.1) is 5.82 Å². The Bertz CT molecular complexity index is 1620. The van der Waals surface area contributed by atoms with Gasteiger partial charge < -0.3 is 31.6 Å². The van der Waals surface area contributed by atoms with Gasteiger partial charge >= 0.3 is 12.1 Å². The summed E-state index contributed by atoms with van der Waals surface area (Å²) in [7, 11) is 0. The van der Waals surface area contributed by atoms with Gasteiger partial charge in [-0.05, 0) is 74.1 Å². The Hall–Kier alpha value is -3.78. The van der Waals surface area contributed by atoms with Gasteiger partial charge in [0.25, 0.3) is 0 Å². The second-order valence-electron chi connectivity index (χ2n) is 10.8. The lowest BCUT2D eigenvalue weighted by Crippen LogP contribution is -2.28. The number of H-pyrrole nitrogens is 1. The van der Waals surface area contributed by atoms with Gasteiger partial charge in [0, 0.05) is 41.8 Å². The molecule has 1 aliphatic rings. The molecule has 0 radical (unpaired) electrons. The topological polar surface area (TPSA) is 144 Å². The van der Waals surface area contributed by atoms with E-state index in [9.17, 15) is 23.1 Å². The number of nitrogens with one attached hydrogen (secondary N) is 2. The molecule has 1 saturated heterocycles. The van der Waals surface area contributed by atoms with Crippen molar-refractivity contribution < 1.29 is 27.4 Å². The van der Waals surface area contributed by atoms with E-state index in [1.165, 1.54) is 22.9 Å². The highest BCUT2D eigenvalue weighted by Crippen LogP contribution is 2.35. The maximum absolute atomic E-state index is 15.3. The molecule has 0 unspecified atom stereocenters. The van der Waals surface area contributed by atoms with E-state index >= 15 is 4.39 Å². The van der Waals surface area contributed by atoms with Crippen molar-refractivity contribution in [2.75, 3.05) is 6.54 Å². The summed E-state index contributed by atoms with van der Waals surface area (Å²) >= 11 is 0. The van der Waals surface area contributed by atoms with Crippen LogP contribution in [0.1, 0.15) is 43.4 Å². The van der Waals surface area contributed by atoms with Crippen molar-refractivity contribution >= 4 is 11.0 Å². The molecule has 3 heterocycles. The van der Waals surface area contributed by atoms with Crippen LogP contribution in [0.3, 0.4) is 0 Å². The third kappa shape index (κ3) is 6.65. The Morgan fingerprint density at radius 3 is 2.60 bits per heavy atom. The summed E-state index contributed by atoms with van der Waals surface area (Å²) < 4.78 is 59.7. The number of hydrogen-bond acceptors (Lipinski definition) is 7. The molecule has 0 saturated carbocycles. The Morgan fingerprint density at radius 1 is 1.21 bits per heavy atom. The zero-order valence-corrected chi connectivity index (χ0v) is 22.8. The van der Waals surface area contributed by atoms with Crippen LogP contribution in [0.5, 0.6) is 5.75 Å². The van der Waals surface area contributed by atoms with E-state index in [0.717, 1.165) is 6.07 Å². The zero-order valence-electron chi connectivity index (χ0n) is 22.8. The number of halogens is 4. The molecular formula is C29H32F4N6O3. The SMILES string of the molecule is C[C@H](N)CCCc1cc(OC(F)(F)F)c(F)c(-c2cc3cn(-c4ccc([C@@H](O)[C@@H]5C[C@@H](N)CN5)cc4)c(=O)nc3[nH]2)c1. The van der Waals surface area contributed by atoms with Gasteiger partial charge in [-0.15, -0.1) is 13.2 Å². The predicted octanol–water partition coefficient (Wildman–Crippen LogP) is 3.81. The van der Waals surface area contributed by atoms with E-state index in [1.54, 1.807) is 24.3 Å². The van der Waals surface area contributed by atoms with Crippen LogP contribution in [-0.2, 0) is 6.42 Å². The summed E-state index contributed by atoms with van der Waals surface area (Å²) in [5, 5.41) is 14.3. The van der Waals surface area contributed by atoms with Crippen molar-refractivity contribution in [1.82, 2.24) is 19.9 Å². The fourth-order valence-corrected chi connectivity index (χ4v) is 5.25. The minimum Gasteiger partial charge on any atom is -0.403 e. The quantitative estimate of drug-likeness (QED) is 0.187. The van der Waals surface area contributed by atoms with Crippen molar-refractivity contribution in [2.24, 2.45) is 11.5 Å². The molecule has 0 bridgehead atoms. The van der Waals surface area contributed by atoms with Crippen LogP contribution < -0.4 is 27.2 Å². The number of ether oxygens (including phenoxy) is 1. The molecule has 0 spiro atoms. The van der Waals surface area contributed by atoms with E-state index < -0.39 is 29.7 Å². The summed E-state index contributed by atoms with van der Waals surface area (Å²) in [6.45, 7) is 2.45. The number of alkyl halides is 3. The molecule has 1 aliphatic heterocycles. The number of fused-ring (bicyclic) bond motifs is 1. The highest BCUT2D eigenvalue weighted by atomic mass is 19.4. The minimum absolute atomic E-state index is 0.0220. The molecule has 2 aromatic heterocycles. The Kier molecular flexibility index (Phi) is 8.37. The predicted molar refractivity (Wildman–Crippen MR) is 150 cm³/mol. The third-order valence-electron chi connectivity index (χ3n) is 7.34. The van der Waals surface area contributed by atoms with E-state index in [0.29, 0.717) is 54.4 Å². The average molecular weight is 589 g/mol. The molecule has 4 atom stereocenters. The first kappa shape index (κ1) is 29.7. The van der Waals surface area contributed by atoms with E-state index in [-0.39, 0.29) is 35.0 Å². The largest absolute Gasteiger partial charge is 0.573 e. The second kappa shape index (κ2) is 11.8. The van der Waals surface area contributed by atoms with Gasteiger partial charge in [-0.25, -0.2) is 9.18 Å². The number of aromatic amines is 1. The Morgan fingerprint density at radius 2 is 1.95 bits per heavy atom. The summed E-state index contributed by atoms with van der Waals surface area (Å²) in [5.41, 5.74) is 12.8. The lowest BCUT2D eigenvalue weighted by molar-refractivity contribution is -0.275. The fraction of sp³-hybridized carbons (Fsp3) is 0.379. The number of nitrogens with zero attached hydrogens (tertiary/aromatic N) is 2. The summed E-state index contributed by atoms with van der Waals surface area (Å²) in [5.74, 6) is -2.14. The van der Waals surface area contributed by atoms with Gasteiger partial charge in [0.1, 0.15) is 5.65 Å². The lowest BCUT2D eigenvalue weighted by atomic mass is 10.00. The van der Waals surface area contributed by atoms with Gasteiger partial charge in [0.15, 0.2) is 11.6 Å². The summed E-state index contributed by atoms with van der Waals surface area (Å²) in [6.07, 6.45) is -2.13. The van der Waals surface area contributed by atoms with Crippen LogP contribution in [0.25, 0.3) is 28.0 Å². The minimum atomic E-state index is -5.08. The number of aromatic nitrogens is 3. The summed E-state index contributed by atoms with van der Waals surface area (Å²) in [6, 6.07) is 10.5. The summed E-state index contributed by atoms with van der Waals surface area (Å²) in [4.78, 5) is 19.8. The van der Waals surface area contributed by atoms with Crippen LogP contribution in [0.2, 0.25) is 0 Å². The Labute approximate surface area is 238 Å². The smallest absolute Gasteiger partial charge is 0.403 e. The molecule has 2 aromatic carbocycles. The van der Waals surface area contributed by atoms with Crippen molar-refractivity contribution in [1.29, 1.82) is 0 Å². The van der Waals surface area contributed by atoms with Crippen LogP contribution >= 0.6 is 0 Å². The molecule has 42 heavy (non-hydrogen) atoms. The molecule has 4 aromatic rings. The fourth-order valence-electron chi connectivity index (χ4n) is 5.25. The number of rotatable bonds is 9. The number of aliphatic hydroxyl groups excluding tert-OH is 1. The standard InChI is InChI=1S/C29H32F4N6O3/c1-15(34)3-2-4-16-9-21(25(30)24(10-16)42-29(31,32)33)22-11-18-14-39(28(41)38-27(18)37-22)20-7-5-17(6-8-20)26(40)23-12-19(35)13-36-23/h5-11,14-15,19,23,26,36,40H,2-4,12-13,34-35H2,1H3,(H,37,38,41)/t15-,19+,23-,26+/m0/s1. The van der Waals surface area contributed by atoms with Gasteiger partial charge in [-0.3, -0.25) is 4.57 Å². The molecule has 5 rings (SSSR count). The van der Waals surface area contributed by atoms with Crippen LogP contribution in [0.4, 0.5) is 17.6 Å². The number of benzene rings is 2. The number of aryl methyl sites for hydroxylation is 1. The number of hydrogen-bond donors (Lipinski definition) is 5. The zero-order chi connectivity index (χ0) is 30.2. The average Bonchev–Trinajstić information content (AvgIpc) is 3.54. The molecule has 224 valence electrons. The van der Waals surface area contributed by atoms with E-state index in [2.05, 4.69) is 20.0 Å². The van der Waals surface area contributed by atoms with Gasteiger partial charge in [0.05, 0.1) is 17.5 Å². The maximum atomic E-state index is 15.3. The molecule has 0 aliphatic carbocycles. The van der Waals surface area contributed by atoms with Gasteiger partial charge in [0.2, 0.25) is 0 Å². The van der Waals surface area contributed by atoms with Crippen molar-refractivity contribution in [3.05, 3.63) is 76.1 Å². The lowest BCUT2D eigenvalue weighted by Gasteiger charge is -2.19. The number of aliphatic hydroxyl groups is 1. The van der Waals surface area contributed by atoms with E-state index in [4.69, 9.17) is 11.5 Å². The second-order valence-corrected chi connectivity index (χ2v) is 10.8. The molecule has 7 N–H and O–H groups in total. The first-order valence-electron chi connectivity index (χ1n) is 13.6. The van der Waals surface area contributed by atoms with E-state index in [1.807, 2.05) is 6.92 Å². The first-order chi connectivity index (χ1) is 19.9. The van der Waals surface area contributed by atoms with Gasteiger partial charge in [-0.1, -0.05) is 12.1 Å². The molecule has 13 heteroatoms. The maximum Gasteiger partial charge on any atom is 0.573 e. The molecule has 1 fully saturated rings. The Balaban J connectivity index is 1.47. The van der Waals surface area contributed by atoms with Crippen molar-refractivity contribution in [3.8, 4) is 22.7 Å². The van der Waals surface area contributed by atoms with Crippen LogP contribution in [0.15, 0.2) is 53.5 Å². The highest BCUT2D eigenvalue weighted by Gasteiger charge is 2.33. The monoisotopic (exact) mass is 588 g/mol. The third-order valence-corrected chi connectivity index (χ3v) is 7.34. The van der Waals surface area contributed by atoms with Crippen molar-refractivity contribution in [2.45, 2.75) is 63.2 Å². The van der Waals surface area contributed by atoms with Crippen molar-refractivity contribution in [3.63, 3.8) is 0 Å². The van der Waals surface area contributed by atoms with Gasteiger partial charge in [-0.2, -0.15) is 4.98 Å². The molecular weight excluding hydrogens is 556 g/mol. The molecule has 0 amide bonds. The highest BCUT2D eigenvalue weighted by molar-refractivity contribution is 5.83.